The number of aromatic nitrogens is 1. The van der Waals surface area contributed by atoms with Gasteiger partial charge in [-0.25, -0.2) is 0 Å². The normalized spacial score (nSPS) is 14.5. The summed E-state index contributed by atoms with van der Waals surface area (Å²) in [6.45, 7) is 1.19. The summed E-state index contributed by atoms with van der Waals surface area (Å²) in [5.41, 5.74) is 0.751. The second kappa shape index (κ2) is 5.69. The lowest BCUT2D eigenvalue weighted by Crippen LogP contribution is -2.20. The van der Waals surface area contributed by atoms with Gasteiger partial charge in [-0.3, -0.25) is 9.78 Å². The minimum Gasteiger partial charge on any atom is -0.396 e. The van der Waals surface area contributed by atoms with E-state index in [1.165, 1.54) is 25.4 Å². The topological polar surface area (TPSA) is 90.7 Å². The van der Waals surface area contributed by atoms with Gasteiger partial charge in [-0.15, -0.1) is 0 Å². The molecule has 0 aromatic carbocycles. The van der Waals surface area contributed by atoms with E-state index in [-0.39, 0.29) is 18.8 Å². The molecule has 16 heavy (non-hydrogen) atoms. The molecular weight excluding hydrogens is 210 g/mol. The number of pyridine rings is 1. The molecule has 5 nitrogen and oxygen atoms in total. The van der Waals surface area contributed by atoms with Crippen molar-refractivity contribution < 1.29 is 20.1 Å². The van der Waals surface area contributed by atoms with Gasteiger partial charge in [0.15, 0.2) is 5.78 Å². The molecule has 0 aliphatic heterocycles. The van der Waals surface area contributed by atoms with Crippen molar-refractivity contribution in [2.75, 3.05) is 6.61 Å². The van der Waals surface area contributed by atoms with Crippen LogP contribution in [0.2, 0.25) is 0 Å². The van der Waals surface area contributed by atoms with Crippen LogP contribution in [0.5, 0.6) is 0 Å². The Labute approximate surface area is 93.4 Å². The summed E-state index contributed by atoms with van der Waals surface area (Å²) in [7, 11) is 0. The summed E-state index contributed by atoms with van der Waals surface area (Å²) in [6, 6.07) is 1.49. The Bertz CT molecular complexity index is 367. The Kier molecular flexibility index (Phi) is 4.54. The number of aliphatic hydroxyl groups excluding tert-OH is 3. The maximum absolute atomic E-state index is 11.1. The van der Waals surface area contributed by atoms with Crippen molar-refractivity contribution in [3.63, 3.8) is 0 Å². The van der Waals surface area contributed by atoms with Crippen molar-refractivity contribution in [3.8, 4) is 0 Å². The highest BCUT2D eigenvalue weighted by molar-refractivity contribution is 5.93. The van der Waals surface area contributed by atoms with Crippen LogP contribution in [0.4, 0.5) is 0 Å². The smallest absolute Gasteiger partial charge is 0.161 e. The molecule has 0 saturated heterocycles. The number of ketones is 1. The summed E-state index contributed by atoms with van der Waals surface area (Å²) >= 11 is 0. The third-order valence-electron chi connectivity index (χ3n) is 2.30. The van der Waals surface area contributed by atoms with Gasteiger partial charge >= 0.3 is 0 Å². The van der Waals surface area contributed by atoms with Crippen molar-refractivity contribution >= 4 is 5.78 Å². The lowest BCUT2D eigenvalue weighted by atomic mass is 10.0. The minimum atomic E-state index is -1.14. The summed E-state index contributed by atoms with van der Waals surface area (Å²) < 4.78 is 0. The van der Waals surface area contributed by atoms with E-state index in [1.54, 1.807) is 0 Å². The largest absolute Gasteiger partial charge is 0.396 e. The van der Waals surface area contributed by atoms with Crippen LogP contribution in [0, 0.1) is 0 Å². The van der Waals surface area contributed by atoms with Gasteiger partial charge in [0.1, 0.15) is 6.10 Å². The van der Waals surface area contributed by atoms with E-state index in [4.69, 9.17) is 5.11 Å². The Hall–Kier alpha value is -1.30. The molecule has 0 spiro atoms. The molecule has 0 radical (unpaired) electrons. The molecule has 2 atom stereocenters. The fraction of sp³-hybridized carbons (Fsp3) is 0.455. The van der Waals surface area contributed by atoms with E-state index in [0.29, 0.717) is 11.1 Å². The van der Waals surface area contributed by atoms with E-state index in [1.807, 2.05) is 0 Å². The van der Waals surface area contributed by atoms with Crippen LogP contribution in [-0.2, 0) is 0 Å². The van der Waals surface area contributed by atoms with E-state index >= 15 is 0 Å². The first-order chi connectivity index (χ1) is 7.56. The number of rotatable bonds is 5. The zero-order chi connectivity index (χ0) is 12.1. The SMILES string of the molecule is CC(=O)c1cncc(C(O)C(O)CCO)c1. The van der Waals surface area contributed by atoms with Crippen LogP contribution in [0.1, 0.15) is 35.4 Å². The molecule has 5 heteroatoms. The first-order valence-corrected chi connectivity index (χ1v) is 4.99. The number of carbonyl (C=O) groups excluding carboxylic acids is 1. The van der Waals surface area contributed by atoms with E-state index in [9.17, 15) is 15.0 Å². The van der Waals surface area contributed by atoms with Crippen molar-refractivity contribution in [1.29, 1.82) is 0 Å². The Morgan fingerprint density at radius 1 is 1.44 bits per heavy atom. The van der Waals surface area contributed by atoms with Crippen LogP contribution in [0.15, 0.2) is 18.5 Å². The Morgan fingerprint density at radius 3 is 2.69 bits per heavy atom. The van der Waals surface area contributed by atoms with Crippen LogP contribution in [0.25, 0.3) is 0 Å². The van der Waals surface area contributed by atoms with Crippen molar-refractivity contribution in [1.82, 2.24) is 4.98 Å². The molecule has 2 unspecified atom stereocenters. The van der Waals surface area contributed by atoms with Gasteiger partial charge in [0.05, 0.1) is 6.10 Å². The molecule has 0 saturated carbocycles. The fourth-order valence-electron chi connectivity index (χ4n) is 1.32. The van der Waals surface area contributed by atoms with Gasteiger partial charge in [-0.1, -0.05) is 0 Å². The lowest BCUT2D eigenvalue weighted by Gasteiger charge is -2.17. The van der Waals surface area contributed by atoms with Crippen molar-refractivity contribution in [2.24, 2.45) is 0 Å². The lowest BCUT2D eigenvalue weighted by molar-refractivity contribution is 0.00400. The predicted molar refractivity (Wildman–Crippen MR) is 56.9 cm³/mol. The van der Waals surface area contributed by atoms with Crippen LogP contribution < -0.4 is 0 Å². The van der Waals surface area contributed by atoms with E-state index in [0.717, 1.165) is 0 Å². The Morgan fingerprint density at radius 2 is 2.12 bits per heavy atom. The summed E-state index contributed by atoms with van der Waals surface area (Å²) in [4.78, 5) is 14.9. The molecule has 0 aliphatic rings. The van der Waals surface area contributed by atoms with Crippen molar-refractivity contribution in [2.45, 2.75) is 25.6 Å². The molecule has 1 rings (SSSR count). The minimum absolute atomic E-state index is 0.0749. The van der Waals surface area contributed by atoms with Gasteiger partial charge in [-0.05, 0) is 19.4 Å². The van der Waals surface area contributed by atoms with Crippen LogP contribution in [-0.4, -0.2) is 38.8 Å². The molecule has 88 valence electrons. The number of carbonyl (C=O) groups is 1. The van der Waals surface area contributed by atoms with E-state index < -0.39 is 12.2 Å². The number of hydrogen-bond acceptors (Lipinski definition) is 5. The van der Waals surface area contributed by atoms with Crippen LogP contribution >= 0.6 is 0 Å². The molecular formula is C11H15NO4. The second-order valence-electron chi connectivity index (χ2n) is 3.59. The molecule has 1 aromatic rings. The van der Waals surface area contributed by atoms with Gasteiger partial charge in [0.25, 0.3) is 0 Å². The molecule has 0 aliphatic carbocycles. The van der Waals surface area contributed by atoms with E-state index in [2.05, 4.69) is 4.98 Å². The van der Waals surface area contributed by atoms with Crippen LogP contribution in [0.3, 0.4) is 0 Å². The quantitative estimate of drug-likeness (QED) is 0.616. The summed E-state index contributed by atoms with van der Waals surface area (Å²) in [5, 5.41) is 27.8. The monoisotopic (exact) mass is 225 g/mol. The van der Waals surface area contributed by atoms with Gasteiger partial charge in [-0.2, -0.15) is 0 Å². The zero-order valence-corrected chi connectivity index (χ0v) is 9.00. The third kappa shape index (κ3) is 3.10. The number of aliphatic hydroxyl groups is 3. The van der Waals surface area contributed by atoms with Gasteiger partial charge in [0, 0.05) is 30.1 Å². The first-order valence-electron chi connectivity index (χ1n) is 4.99. The molecule has 0 bridgehead atoms. The maximum Gasteiger partial charge on any atom is 0.161 e. The third-order valence-corrected chi connectivity index (χ3v) is 2.30. The molecule has 0 fully saturated rings. The second-order valence-corrected chi connectivity index (χ2v) is 3.59. The predicted octanol–water partition coefficient (Wildman–Crippen LogP) is 0.0609. The highest BCUT2D eigenvalue weighted by Gasteiger charge is 2.18. The number of Topliss-reactive ketones (excluding diaryl/α,β-unsaturated/α-hetero) is 1. The standard InChI is InChI=1S/C11H15NO4/c1-7(14)8-4-9(6-12-5-8)11(16)10(15)2-3-13/h4-6,10-11,13,15-16H,2-3H2,1H3. The summed E-state index contributed by atoms with van der Waals surface area (Å²) in [5.74, 6) is -0.154. The number of hydrogen-bond donors (Lipinski definition) is 3. The Balaban J connectivity index is 2.86. The fourth-order valence-corrected chi connectivity index (χ4v) is 1.32. The molecule has 3 N–H and O–H groups in total. The number of nitrogens with zero attached hydrogens (tertiary/aromatic N) is 1. The maximum atomic E-state index is 11.1. The summed E-state index contributed by atoms with van der Waals surface area (Å²) in [6.07, 6.45) is 0.660. The molecule has 1 aromatic heterocycles. The molecule has 0 amide bonds. The average Bonchev–Trinajstić information content (AvgIpc) is 2.28. The van der Waals surface area contributed by atoms with Gasteiger partial charge < -0.3 is 15.3 Å². The molecule has 1 heterocycles. The van der Waals surface area contributed by atoms with Gasteiger partial charge in [0.2, 0.25) is 0 Å². The highest BCUT2D eigenvalue weighted by Crippen LogP contribution is 2.19. The van der Waals surface area contributed by atoms with Crippen molar-refractivity contribution in [3.05, 3.63) is 29.6 Å². The first kappa shape index (κ1) is 12.8. The highest BCUT2D eigenvalue weighted by atomic mass is 16.3. The zero-order valence-electron chi connectivity index (χ0n) is 9.00. The average molecular weight is 225 g/mol.